The number of nitriles is 1. The van der Waals surface area contributed by atoms with Gasteiger partial charge in [0.2, 0.25) is 0 Å². The Hall–Kier alpha value is -3.97. The third kappa shape index (κ3) is 23.0. The Balaban J connectivity index is -0.000000456. The summed E-state index contributed by atoms with van der Waals surface area (Å²) in [6.07, 6.45) is 4.01. The average molecular weight is 494 g/mol. The molecule has 0 saturated carbocycles. The summed E-state index contributed by atoms with van der Waals surface area (Å²) in [4.78, 5) is 42.6. The number of carboxylic acids is 1. The van der Waals surface area contributed by atoms with E-state index in [1.165, 1.54) is 39.2 Å². The smallest absolute Gasteiger partial charge is 0.333 e. The molecule has 35 heavy (non-hydrogen) atoms. The lowest BCUT2D eigenvalue weighted by Crippen LogP contribution is -2.16. The number of carbonyl (C=O) groups excluding carboxylic acids is 3. The Kier molecular flexibility index (Phi) is 22.2. The van der Waals surface area contributed by atoms with Crippen LogP contribution in [0.15, 0.2) is 60.3 Å². The van der Waals surface area contributed by atoms with Crippen LogP contribution >= 0.6 is 0 Å². The Morgan fingerprint density at radius 3 is 1.91 bits per heavy atom. The van der Waals surface area contributed by atoms with Crippen molar-refractivity contribution in [2.24, 2.45) is 0 Å². The van der Waals surface area contributed by atoms with Gasteiger partial charge in [-0.3, -0.25) is 0 Å². The van der Waals surface area contributed by atoms with Crippen LogP contribution in [0.1, 0.15) is 40.5 Å². The monoisotopic (exact) mass is 493 g/mol. The molecule has 194 valence electrons. The molecule has 0 heterocycles. The number of aliphatic hydroxyl groups excluding tert-OH is 1. The first-order chi connectivity index (χ1) is 16.2. The van der Waals surface area contributed by atoms with E-state index in [2.05, 4.69) is 29.2 Å². The van der Waals surface area contributed by atoms with Crippen LogP contribution < -0.4 is 0 Å². The molecule has 0 saturated heterocycles. The molecule has 1 atom stereocenters. The summed E-state index contributed by atoms with van der Waals surface area (Å²) in [6.45, 7) is 17.1. The lowest BCUT2D eigenvalue weighted by molar-refractivity contribution is -0.141. The fraction of sp³-hybridized carbons (Fsp3) is 0.400. The van der Waals surface area contributed by atoms with Crippen molar-refractivity contribution in [3.63, 3.8) is 0 Å². The molecule has 0 bridgehead atoms. The number of nitrogens with zero attached hydrogens (tertiary/aromatic N) is 1. The lowest BCUT2D eigenvalue weighted by atomic mass is 10.1. The van der Waals surface area contributed by atoms with Crippen molar-refractivity contribution in [2.45, 2.75) is 46.6 Å². The summed E-state index contributed by atoms with van der Waals surface area (Å²) in [5.41, 5.74) is 1.14. The quantitative estimate of drug-likeness (QED) is 0.189. The maximum Gasteiger partial charge on any atom is 0.333 e. The number of carboxylic acid groups (broad SMARTS) is 1. The average Bonchev–Trinajstić information content (AvgIpc) is 2.80. The van der Waals surface area contributed by atoms with E-state index in [1.54, 1.807) is 19.9 Å². The van der Waals surface area contributed by atoms with E-state index in [0.717, 1.165) is 0 Å². The molecule has 0 aliphatic heterocycles. The van der Waals surface area contributed by atoms with Gasteiger partial charge in [0.25, 0.3) is 0 Å². The summed E-state index contributed by atoms with van der Waals surface area (Å²) >= 11 is 0. The van der Waals surface area contributed by atoms with Gasteiger partial charge in [-0.1, -0.05) is 31.9 Å². The predicted octanol–water partition coefficient (Wildman–Crippen LogP) is 3.20. The summed E-state index contributed by atoms with van der Waals surface area (Å²) in [6, 6.07) is 1.80. The summed E-state index contributed by atoms with van der Waals surface area (Å²) in [7, 11) is 1.25. The maximum atomic E-state index is 11.1. The second-order valence-electron chi connectivity index (χ2n) is 6.78. The maximum absolute atomic E-state index is 11.1. The number of rotatable bonds is 11. The fourth-order valence-electron chi connectivity index (χ4n) is 1.48. The van der Waals surface area contributed by atoms with E-state index in [9.17, 15) is 19.2 Å². The van der Waals surface area contributed by atoms with Crippen LogP contribution in [-0.4, -0.2) is 60.5 Å². The Labute approximate surface area is 206 Å². The van der Waals surface area contributed by atoms with E-state index in [-0.39, 0.29) is 42.1 Å². The van der Waals surface area contributed by atoms with Gasteiger partial charge < -0.3 is 24.4 Å². The minimum atomic E-state index is -1.00. The molecule has 0 aromatic rings. The van der Waals surface area contributed by atoms with Gasteiger partial charge in [-0.25, -0.2) is 19.2 Å². The van der Waals surface area contributed by atoms with Crippen molar-refractivity contribution in [1.29, 1.82) is 5.26 Å². The van der Waals surface area contributed by atoms with Crippen LogP contribution in [0.2, 0.25) is 0 Å². The number of ether oxygens (including phenoxy) is 3. The van der Waals surface area contributed by atoms with Crippen LogP contribution in [0.3, 0.4) is 0 Å². The number of aliphatic hydroxyl groups is 1. The molecule has 0 aliphatic rings. The lowest BCUT2D eigenvalue weighted by Gasteiger charge is -2.06. The predicted molar refractivity (Wildman–Crippen MR) is 130 cm³/mol. The van der Waals surface area contributed by atoms with Crippen LogP contribution in [0.25, 0.3) is 0 Å². The molecule has 10 heteroatoms. The topological polar surface area (TPSA) is 160 Å². The van der Waals surface area contributed by atoms with Crippen molar-refractivity contribution >= 4 is 23.9 Å². The normalized spacial score (nSPS) is 10.7. The number of allylic oxidation sites excluding steroid dienone is 3. The number of carbonyl (C=O) groups is 4. The summed E-state index contributed by atoms with van der Waals surface area (Å²) < 4.78 is 13.6. The summed E-state index contributed by atoms with van der Waals surface area (Å²) in [5, 5.41) is 25.5. The van der Waals surface area contributed by atoms with Gasteiger partial charge in [-0.2, -0.15) is 5.26 Å². The number of hydrogen-bond donors (Lipinski definition) is 2. The molecule has 0 radical (unpaired) electrons. The first-order valence-electron chi connectivity index (χ1n) is 10.3. The van der Waals surface area contributed by atoms with Gasteiger partial charge in [0.05, 0.1) is 25.9 Å². The van der Waals surface area contributed by atoms with Crippen molar-refractivity contribution in [2.75, 3.05) is 20.3 Å². The molecule has 0 amide bonds. The SMILES string of the molecule is C=C(C)C(=O)OCC.C=C(CC=C(C)C(=O)O)C(=O)OC.C=C(CC=CC#N)C(=O)OCC(C)O. The van der Waals surface area contributed by atoms with Gasteiger partial charge in [-0.15, -0.1) is 0 Å². The van der Waals surface area contributed by atoms with Gasteiger partial charge in [0, 0.05) is 28.4 Å². The zero-order valence-electron chi connectivity index (χ0n) is 21.0. The minimum absolute atomic E-state index is 0.0418. The largest absolute Gasteiger partial charge is 0.478 e. The van der Waals surface area contributed by atoms with Gasteiger partial charge in [-0.05, 0) is 40.5 Å². The molecule has 0 fully saturated rings. The van der Waals surface area contributed by atoms with E-state index in [0.29, 0.717) is 12.2 Å². The number of esters is 3. The van der Waals surface area contributed by atoms with Crippen molar-refractivity contribution in [3.8, 4) is 6.07 Å². The van der Waals surface area contributed by atoms with Crippen molar-refractivity contribution in [3.05, 3.63) is 60.3 Å². The third-order valence-corrected chi connectivity index (χ3v) is 3.39. The summed E-state index contributed by atoms with van der Waals surface area (Å²) in [5.74, 6) is -2.38. The van der Waals surface area contributed by atoms with Crippen LogP contribution in [-0.2, 0) is 33.4 Å². The first-order valence-corrected chi connectivity index (χ1v) is 10.3. The Bertz CT molecular complexity index is 859. The highest BCUT2D eigenvalue weighted by atomic mass is 16.5. The van der Waals surface area contributed by atoms with Crippen molar-refractivity contribution in [1.82, 2.24) is 0 Å². The Morgan fingerprint density at radius 1 is 1.00 bits per heavy atom. The highest BCUT2D eigenvalue weighted by Crippen LogP contribution is 2.05. The molecule has 0 aromatic carbocycles. The number of aliphatic carboxylic acids is 1. The second-order valence-corrected chi connectivity index (χ2v) is 6.78. The molecule has 0 aromatic heterocycles. The second kappa shape index (κ2) is 21.9. The first kappa shape index (κ1) is 35.6. The standard InChI is InChI=1S/C10H13NO3.C9H12O4.C6H10O2/c1-8(5-3-4-6-11)10(13)14-7-9(2)12;1-6(8(10)11)4-5-7(2)9(12)13-3;1-4-8-6(7)5(2)3/h3-4,9,12H,1,5,7H2,2H3;4H,2,5H2,1,3H3,(H,10,11);2,4H2,1,3H3. The molecule has 10 nitrogen and oxygen atoms in total. The molecule has 1 unspecified atom stereocenters. The molecular formula is C25H35NO9. The van der Waals surface area contributed by atoms with E-state index in [1.807, 2.05) is 0 Å². The highest BCUT2D eigenvalue weighted by molar-refractivity contribution is 5.89. The minimum Gasteiger partial charge on any atom is -0.478 e. The number of hydrogen-bond acceptors (Lipinski definition) is 9. The zero-order chi connectivity index (χ0) is 28.0. The van der Waals surface area contributed by atoms with Gasteiger partial charge in [0.15, 0.2) is 0 Å². The van der Waals surface area contributed by atoms with Gasteiger partial charge in [0.1, 0.15) is 6.61 Å². The molecule has 0 rings (SSSR count). The number of methoxy groups -OCH3 is 1. The molecule has 2 N–H and O–H groups in total. The van der Waals surface area contributed by atoms with E-state index < -0.39 is 24.0 Å². The molecule has 0 spiro atoms. The van der Waals surface area contributed by atoms with Crippen molar-refractivity contribution < 1.29 is 43.6 Å². The molecular weight excluding hydrogens is 458 g/mol. The zero-order valence-corrected chi connectivity index (χ0v) is 21.0. The van der Waals surface area contributed by atoms with Crippen LogP contribution in [0, 0.1) is 11.3 Å². The van der Waals surface area contributed by atoms with E-state index >= 15 is 0 Å². The third-order valence-electron chi connectivity index (χ3n) is 3.39. The highest BCUT2D eigenvalue weighted by Gasteiger charge is 2.08. The van der Waals surface area contributed by atoms with Crippen LogP contribution in [0.5, 0.6) is 0 Å². The van der Waals surface area contributed by atoms with E-state index in [4.69, 9.17) is 20.2 Å². The van der Waals surface area contributed by atoms with Crippen LogP contribution in [0.4, 0.5) is 0 Å². The van der Waals surface area contributed by atoms with Gasteiger partial charge >= 0.3 is 23.9 Å². The Morgan fingerprint density at radius 2 is 1.54 bits per heavy atom. The molecule has 0 aliphatic carbocycles. The fourth-order valence-corrected chi connectivity index (χ4v) is 1.48.